The van der Waals surface area contributed by atoms with E-state index < -0.39 is 0 Å². The molecular weight excluding hydrogens is 414 g/mol. The van der Waals surface area contributed by atoms with Crippen LogP contribution < -0.4 is 0 Å². The second kappa shape index (κ2) is 8.20. The lowest BCUT2D eigenvalue weighted by Crippen LogP contribution is -1.96. The number of nitrogens with zero attached hydrogens (tertiary/aromatic N) is 3. The van der Waals surface area contributed by atoms with Gasteiger partial charge in [-0.05, 0) is 72.1 Å². The van der Waals surface area contributed by atoms with Crippen LogP contribution in [0.5, 0.6) is 0 Å². The van der Waals surface area contributed by atoms with Gasteiger partial charge < -0.3 is 0 Å². The van der Waals surface area contributed by atoms with E-state index in [4.69, 9.17) is 4.98 Å². The van der Waals surface area contributed by atoms with Crippen molar-refractivity contribution in [1.82, 2.24) is 15.0 Å². The van der Waals surface area contributed by atoms with Gasteiger partial charge in [0.15, 0.2) is 0 Å². The van der Waals surface area contributed by atoms with E-state index in [9.17, 15) is 0 Å². The molecule has 0 saturated heterocycles. The van der Waals surface area contributed by atoms with Crippen molar-refractivity contribution >= 4 is 21.7 Å². The molecule has 0 unspecified atom stereocenters. The summed E-state index contributed by atoms with van der Waals surface area (Å²) >= 11 is 0. The zero-order valence-corrected chi connectivity index (χ0v) is 19.2. The van der Waals surface area contributed by atoms with E-state index in [0.717, 1.165) is 50.2 Å². The molecule has 0 fully saturated rings. The van der Waals surface area contributed by atoms with Gasteiger partial charge in [-0.2, -0.15) is 0 Å². The fourth-order valence-corrected chi connectivity index (χ4v) is 4.66. The summed E-state index contributed by atoms with van der Waals surface area (Å²) in [5, 5.41) is 3.54. The zero-order valence-electron chi connectivity index (χ0n) is 19.2. The largest absolute Gasteiger partial charge is 0.256 e. The Balaban J connectivity index is 1.57. The first-order valence-corrected chi connectivity index (χ1v) is 11.5. The highest BCUT2D eigenvalue weighted by Gasteiger charge is 2.14. The normalized spacial score (nSPS) is 11.2. The van der Waals surface area contributed by atoms with Gasteiger partial charge in [0.25, 0.3) is 0 Å². The van der Waals surface area contributed by atoms with E-state index in [0.29, 0.717) is 0 Å². The fourth-order valence-electron chi connectivity index (χ4n) is 4.66. The van der Waals surface area contributed by atoms with Crippen molar-refractivity contribution in [1.29, 1.82) is 0 Å². The third kappa shape index (κ3) is 3.43. The lowest BCUT2D eigenvalue weighted by molar-refractivity contribution is 1.26. The van der Waals surface area contributed by atoms with Gasteiger partial charge in [-0.3, -0.25) is 9.97 Å². The first-order chi connectivity index (χ1) is 16.7. The molecule has 0 aliphatic heterocycles. The van der Waals surface area contributed by atoms with Gasteiger partial charge >= 0.3 is 0 Å². The van der Waals surface area contributed by atoms with Crippen LogP contribution in [0.15, 0.2) is 103 Å². The van der Waals surface area contributed by atoms with Gasteiger partial charge in [0.2, 0.25) is 0 Å². The lowest BCUT2D eigenvalue weighted by Gasteiger charge is -2.14. The van der Waals surface area contributed by atoms with Gasteiger partial charge in [-0.15, -0.1) is 0 Å². The van der Waals surface area contributed by atoms with Crippen LogP contribution in [-0.4, -0.2) is 15.0 Å². The van der Waals surface area contributed by atoms with Crippen molar-refractivity contribution in [2.45, 2.75) is 13.8 Å². The summed E-state index contributed by atoms with van der Waals surface area (Å²) < 4.78 is 0. The highest BCUT2D eigenvalue weighted by Crippen LogP contribution is 2.36. The molecule has 6 aromatic rings. The van der Waals surface area contributed by atoms with Crippen molar-refractivity contribution in [3.05, 3.63) is 115 Å². The summed E-state index contributed by atoms with van der Waals surface area (Å²) in [6, 6.07) is 31.6. The maximum atomic E-state index is 5.22. The van der Waals surface area contributed by atoms with E-state index >= 15 is 0 Å². The lowest BCUT2D eigenvalue weighted by atomic mass is 9.95. The molecule has 162 valence electrons. The van der Waals surface area contributed by atoms with Crippen LogP contribution in [0.25, 0.3) is 55.4 Å². The van der Waals surface area contributed by atoms with Crippen LogP contribution in [0, 0.1) is 13.8 Å². The number of pyridine rings is 3. The highest BCUT2D eigenvalue weighted by atomic mass is 14.7. The minimum Gasteiger partial charge on any atom is -0.256 e. The van der Waals surface area contributed by atoms with Gasteiger partial charge in [0.1, 0.15) is 0 Å². The number of hydrogen-bond donors (Lipinski definition) is 0. The Kier molecular flexibility index (Phi) is 4.88. The predicted octanol–water partition coefficient (Wildman–Crippen LogP) is 7.80. The molecule has 0 aliphatic rings. The molecule has 3 heteroatoms. The van der Waals surface area contributed by atoms with E-state index in [1.807, 2.05) is 36.7 Å². The summed E-state index contributed by atoms with van der Waals surface area (Å²) in [7, 11) is 0. The number of aryl methyl sites for hydroxylation is 2. The van der Waals surface area contributed by atoms with Crippen molar-refractivity contribution in [3.8, 4) is 33.8 Å². The molecule has 6 rings (SSSR count). The number of fused-ring (bicyclic) bond motifs is 3. The Morgan fingerprint density at radius 1 is 0.529 bits per heavy atom. The van der Waals surface area contributed by atoms with E-state index in [2.05, 4.69) is 90.5 Å². The Labute approximate surface area is 198 Å². The minimum atomic E-state index is 0.951. The van der Waals surface area contributed by atoms with Crippen molar-refractivity contribution in [2.75, 3.05) is 0 Å². The molecule has 0 bridgehead atoms. The van der Waals surface area contributed by atoms with Gasteiger partial charge in [0.05, 0.1) is 22.6 Å². The Morgan fingerprint density at radius 3 is 2.15 bits per heavy atom. The first kappa shape index (κ1) is 20.3. The summed E-state index contributed by atoms with van der Waals surface area (Å²) in [6.45, 7) is 4.26. The van der Waals surface area contributed by atoms with Crippen molar-refractivity contribution in [3.63, 3.8) is 0 Å². The third-order valence-corrected chi connectivity index (χ3v) is 6.45. The SMILES string of the molecule is Cc1ccc(-c2ccccn2)cc1-c1nc(-c2cc3ncccc3c3ccccc23)ccc1C. The predicted molar refractivity (Wildman–Crippen MR) is 141 cm³/mol. The van der Waals surface area contributed by atoms with Crippen LogP contribution in [0.3, 0.4) is 0 Å². The van der Waals surface area contributed by atoms with Crippen molar-refractivity contribution in [2.24, 2.45) is 0 Å². The van der Waals surface area contributed by atoms with Crippen LogP contribution in [0.2, 0.25) is 0 Å². The molecule has 3 aromatic carbocycles. The summed E-state index contributed by atoms with van der Waals surface area (Å²) in [5.41, 5.74) is 9.55. The monoisotopic (exact) mass is 437 g/mol. The number of aromatic nitrogens is 3. The number of hydrogen-bond acceptors (Lipinski definition) is 3. The summed E-state index contributed by atoms with van der Waals surface area (Å²) in [5.74, 6) is 0. The van der Waals surface area contributed by atoms with Crippen LogP contribution in [0.4, 0.5) is 0 Å². The molecule has 34 heavy (non-hydrogen) atoms. The average molecular weight is 438 g/mol. The molecule has 3 heterocycles. The molecule has 0 aliphatic carbocycles. The van der Waals surface area contributed by atoms with Gasteiger partial charge in [-0.25, -0.2) is 4.98 Å². The standard InChI is InChI=1S/C31H23N3/c1-20-12-14-22(28-11-5-6-16-32-28)18-26(20)31-21(2)13-15-29(34-31)27-19-30-25(10-7-17-33-30)23-8-3-4-9-24(23)27/h3-19H,1-2H3. The highest BCUT2D eigenvalue weighted by molar-refractivity contribution is 6.12. The molecule has 3 aromatic heterocycles. The molecule has 3 nitrogen and oxygen atoms in total. The smallest absolute Gasteiger partial charge is 0.0741 e. The number of benzene rings is 3. The first-order valence-electron chi connectivity index (χ1n) is 11.5. The quantitative estimate of drug-likeness (QED) is 0.265. The number of rotatable bonds is 3. The maximum Gasteiger partial charge on any atom is 0.0741 e. The van der Waals surface area contributed by atoms with Crippen molar-refractivity contribution < 1.29 is 0 Å². The minimum absolute atomic E-state index is 0.951. The second-order valence-electron chi connectivity index (χ2n) is 8.65. The Bertz CT molecular complexity index is 1670. The van der Waals surface area contributed by atoms with E-state index in [1.54, 1.807) is 0 Å². The van der Waals surface area contributed by atoms with Crippen LogP contribution >= 0.6 is 0 Å². The Morgan fingerprint density at radius 2 is 1.29 bits per heavy atom. The van der Waals surface area contributed by atoms with E-state index in [-0.39, 0.29) is 0 Å². The summed E-state index contributed by atoms with van der Waals surface area (Å²) in [4.78, 5) is 14.4. The van der Waals surface area contributed by atoms with Gasteiger partial charge in [0, 0.05) is 34.5 Å². The molecule has 0 N–H and O–H groups in total. The topological polar surface area (TPSA) is 38.7 Å². The molecular formula is C31H23N3. The van der Waals surface area contributed by atoms with Gasteiger partial charge in [-0.1, -0.05) is 54.6 Å². The van der Waals surface area contributed by atoms with E-state index in [1.165, 1.54) is 16.3 Å². The molecule has 0 amide bonds. The Hall–Kier alpha value is -4.37. The second-order valence-corrected chi connectivity index (χ2v) is 8.65. The van der Waals surface area contributed by atoms with Crippen LogP contribution in [0.1, 0.15) is 11.1 Å². The van der Waals surface area contributed by atoms with Crippen LogP contribution in [-0.2, 0) is 0 Å². The fraction of sp³-hybridized carbons (Fsp3) is 0.0645. The zero-order chi connectivity index (χ0) is 23.1. The molecule has 0 spiro atoms. The third-order valence-electron chi connectivity index (χ3n) is 6.45. The molecule has 0 atom stereocenters. The maximum absolute atomic E-state index is 5.22. The summed E-state index contributed by atoms with van der Waals surface area (Å²) in [6.07, 6.45) is 3.68. The average Bonchev–Trinajstić information content (AvgIpc) is 2.89. The molecule has 0 radical (unpaired) electrons. The molecule has 0 saturated carbocycles.